The average molecular weight is 2110 g/mol. The van der Waals surface area contributed by atoms with E-state index in [1.807, 2.05) is 289 Å². The number of hydrogen-bond donors (Lipinski definition) is 0. The minimum absolute atomic E-state index is 0.500. The lowest BCUT2D eigenvalue weighted by molar-refractivity contribution is 0.469. The van der Waals surface area contributed by atoms with E-state index in [-0.39, 0.29) is 0 Å². The zero-order valence-corrected chi connectivity index (χ0v) is 112. The van der Waals surface area contributed by atoms with Gasteiger partial charge in [0.1, 0.15) is 41.8 Å². The molecule has 0 bridgehead atoms. The first-order valence-electron chi connectivity index (χ1n) is 53.1. The number of likely N-dealkylation sites (N-methyl/N-ethyl adjacent to an activating group) is 1. The Morgan fingerprint density at radius 3 is 0.778 bits per heavy atom. The molecule has 0 saturated heterocycles. The van der Waals surface area contributed by atoms with Crippen molar-refractivity contribution in [2.24, 2.45) is 105 Å². The van der Waals surface area contributed by atoms with Crippen LogP contribution in [0.15, 0.2) is 223 Å². The Morgan fingerprint density at radius 2 is 0.681 bits per heavy atom. The molecule has 23 nitrogen and oxygen atoms in total. The molecule has 144 heavy (non-hydrogen) atoms. The van der Waals surface area contributed by atoms with Crippen molar-refractivity contribution in [2.45, 2.75) is 436 Å². The zero-order valence-electron chi connectivity index (χ0n) is 108. The van der Waals surface area contributed by atoms with E-state index in [0.717, 1.165) is 59.0 Å². The van der Waals surface area contributed by atoms with Crippen molar-refractivity contribution in [1.82, 2.24) is 108 Å². The van der Waals surface area contributed by atoms with Crippen LogP contribution in [0.5, 0.6) is 0 Å². The van der Waals surface area contributed by atoms with Gasteiger partial charge in [0.2, 0.25) is 0 Å². The molecule has 0 spiro atoms. The van der Waals surface area contributed by atoms with Crippen LogP contribution in [0.3, 0.4) is 0 Å². The molecule has 1 aliphatic rings. The molecule has 860 valence electrons. The van der Waals surface area contributed by atoms with Crippen molar-refractivity contribution in [3.63, 3.8) is 0 Å². The summed E-state index contributed by atoms with van der Waals surface area (Å²) in [5.41, 5.74) is 9.37. The van der Waals surface area contributed by atoms with Crippen molar-refractivity contribution < 1.29 is 4.42 Å². The van der Waals surface area contributed by atoms with Crippen LogP contribution in [-0.4, -0.2) is 115 Å². The van der Waals surface area contributed by atoms with Crippen molar-refractivity contribution in [2.75, 3.05) is 7.05 Å². The van der Waals surface area contributed by atoms with Gasteiger partial charge in [-0.3, -0.25) is 24.0 Å². The van der Waals surface area contributed by atoms with Gasteiger partial charge in [0.15, 0.2) is 6.39 Å². The molecule has 0 aliphatic carbocycles. The van der Waals surface area contributed by atoms with Crippen molar-refractivity contribution in [1.29, 1.82) is 0 Å². The van der Waals surface area contributed by atoms with Gasteiger partial charge in [-0.15, -0.1) is 38.0 Å². The maximum absolute atomic E-state index is 4.47. The highest BCUT2D eigenvalue weighted by Crippen LogP contribution is 2.09. The highest BCUT2D eigenvalue weighted by Gasteiger charge is 1.97. The number of nitrogens with zero attached hydrogens (tertiary/aromatic N) is 22. The fraction of sp³-hybridized carbons (Fsp3) is 0.692. The van der Waals surface area contributed by atoms with Gasteiger partial charge >= 0.3 is 0 Å². The summed E-state index contributed by atoms with van der Waals surface area (Å²) < 4.78 is 18.8. The summed E-state index contributed by atoms with van der Waals surface area (Å²) >= 11 is 5.91. The van der Waals surface area contributed by atoms with Crippen LogP contribution in [0, 0.1) is 69.5 Å². The van der Waals surface area contributed by atoms with Gasteiger partial charge in [-0.2, -0.15) is 29.6 Å². The Balaban J connectivity index is -0.0000000471. The first-order chi connectivity index (χ1) is 67.4. The number of rotatable bonds is 0. The zero-order chi connectivity index (χ0) is 120. The summed E-state index contributed by atoms with van der Waals surface area (Å²) in [6, 6.07) is 9.51. The van der Waals surface area contributed by atoms with Crippen LogP contribution in [0.4, 0.5) is 0 Å². The van der Waals surface area contributed by atoms with Crippen LogP contribution in [0.1, 0.15) is 436 Å². The van der Waals surface area contributed by atoms with Gasteiger partial charge < -0.3 is 13.9 Å². The van der Waals surface area contributed by atoms with Crippen molar-refractivity contribution in [3.05, 3.63) is 218 Å². The molecule has 0 unspecified atom stereocenters. The Kier molecular flexibility index (Phi) is 260. The number of oxazole rings is 1. The normalized spacial score (nSPS) is 8.54. The van der Waals surface area contributed by atoms with Crippen molar-refractivity contribution in [3.8, 4) is 0 Å². The molecule has 0 saturated carbocycles. The van der Waals surface area contributed by atoms with Crippen LogP contribution in [-0.2, 0) is 35.2 Å². The number of pyridine rings is 1. The number of thiazole rings is 1. The molecular formula is C117H252N22OS4. The summed E-state index contributed by atoms with van der Waals surface area (Å²) in [7, 11) is 11.2. The smallest absolute Gasteiger partial charge is 0.180 e. The van der Waals surface area contributed by atoms with Crippen LogP contribution >= 0.6 is 45.7 Å². The minimum Gasteiger partial charge on any atom is -0.452 e. The Labute approximate surface area is 918 Å². The molecule has 0 aromatic carbocycles. The fourth-order valence-corrected chi connectivity index (χ4v) is 4.41. The quantitative estimate of drug-likeness (QED) is 0.137. The topological polar surface area (TPSA) is 247 Å². The van der Waals surface area contributed by atoms with E-state index >= 15 is 0 Å². The number of allylic oxidation sites excluding steroid dienone is 3. The number of aryl methyl sites for hydroxylation is 5. The first-order valence-corrected chi connectivity index (χ1v) is 56.7. The second kappa shape index (κ2) is 189. The molecule has 1 aliphatic heterocycles. The average Bonchev–Trinajstić information content (AvgIpc) is 1.79. The molecule has 12 rings (SSSR count). The Bertz CT molecular complexity index is 2720. The SMILES string of the molecule is C=C1C=CC=CN1C.CC.CC.CC.CC.CC.CC.CC.CC.CC.CC.CC.CC.CC(C)(C)C.CC(C)(C)C.CC(C)(C)C.CC(C)C.CC(C)C.CC(C)C.CC(C)C.CC(C)C.CC(C)C.CC(C)C.CC(C)C.CC(C)C.Cn1cccn1.Cn1ccnc1.Cn1ccnn1.Cn1cncn1.Cn1nccn1.c1ccncc1.c1cnsc1.c1cocn1.c1cscn1.c1ncsn1.c1nncs1. The van der Waals surface area contributed by atoms with E-state index in [1.54, 1.807) is 135 Å². The summed E-state index contributed by atoms with van der Waals surface area (Å²) in [5.74, 6) is 7.50. The van der Waals surface area contributed by atoms with Crippen LogP contribution in [0.25, 0.3) is 0 Å². The number of hydrogen-bond acceptors (Lipinski definition) is 22. The van der Waals surface area contributed by atoms with Crippen molar-refractivity contribution >= 4 is 45.7 Å². The molecular weight excluding hydrogens is 1860 g/mol. The molecule has 0 amide bonds. The van der Waals surface area contributed by atoms with E-state index in [9.17, 15) is 0 Å². The van der Waals surface area contributed by atoms with Crippen LogP contribution in [0.2, 0.25) is 0 Å². The molecule has 27 heteroatoms. The fourth-order valence-electron chi connectivity index (χ4n) is 3.16. The lowest BCUT2D eigenvalue weighted by atomic mass is 10.0. The van der Waals surface area contributed by atoms with Gasteiger partial charge in [0.05, 0.1) is 36.6 Å². The molecule has 0 atom stereocenters. The molecule has 12 heterocycles. The predicted molar refractivity (Wildman–Crippen MR) is 666 cm³/mol. The third kappa shape index (κ3) is 499. The van der Waals surface area contributed by atoms with Gasteiger partial charge in [-0.05, 0) is 129 Å². The molecule has 0 fully saturated rings. The molecule has 11 aromatic heterocycles. The van der Waals surface area contributed by atoms with E-state index in [2.05, 4.69) is 361 Å². The van der Waals surface area contributed by atoms with E-state index in [4.69, 9.17) is 0 Å². The second-order valence-electron chi connectivity index (χ2n) is 36.2. The molecule has 0 radical (unpaired) electrons. The lowest BCUT2D eigenvalue weighted by Crippen LogP contribution is -2.08. The largest absolute Gasteiger partial charge is 0.452 e. The second-order valence-corrected chi connectivity index (χ2v) is 39.0. The molecule has 11 aromatic rings. The molecule has 0 N–H and O–H groups in total. The van der Waals surface area contributed by atoms with Gasteiger partial charge in [0, 0.05) is 121 Å². The van der Waals surface area contributed by atoms with E-state index < -0.39 is 0 Å². The van der Waals surface area contributed by atoms with Gasteiger partial charge in [-0.25, -0.2) is 24.3 Å². The number of aromatic nitrogens is 21. The minimum atomic E-state index is 0.500. The van der Waals surface area contributed by atoms with E-state index in [1.165, 1.54) is 64.5 Å². The Hall–Kier alpha value is -8.40. The third-order valence-electron chi connectivity index (χ3n) is 6.22. The van der Waals surface area contributed by atoms with E-state index in [0.29, 0.717) is 16.2 Å². The van der Waals surface area contributed by atoms with Gasteiger partial charge in [0.25, 0.3) is 0 Å². The van der Waals surface area contributed by atoms with Crippen LogP contribution < -0.4 is 0 Å². The Morgan fingerprint density at radius 1 is 0.292 bits per heavy atom. The standard InChI is InChI=1S/C7H9N.C5H5N.3C5H12.2C4H6N2.9C4H10.3C3H5N3.C3H3NO.2C3H3NS.2C2H2N2S.12C2H6/c1-7-5-3-4-6-8(7)2;1-2-4-6-5-3-1;3*1-5(2,3)4;1-6-3-2-5-4-6;1-6-4-2-3-5-6;9*1-4(2)3;1-6-3-4-2-5-6;1-6-3-2-4-5-6;1-6-4-2-3-5-6;2*1-2-5-3-4-1;1-2-4-5-3-1;1-3-4-2-5-1;1-3-2-5-4-1;12*1-2/h3-6H,1H2,2H3;1-5H;3*1-4H3;2*2-4H,1H3;9*4H,1-3H3;3*2-3H,1H3;3*1-3H;2*1-2H;12*1-2H3. The highest BCUT2D eigenvalue weighted by atomic mass is 32.1. The van der Waals surface area contributed by atoms with Gasteiger partial charge in [-0.1, -0.05) is 460 Å². The maximum atomic E-state index is 4.47. The summed E-state index contributed by atoms with van der Waals surface area (Å²) in [6.07, 6.45) is 39.8. The summed E-state index contributed by atoms with van der Waals surface area (Å²) in [4.78, 5) is 25.6. The monoisotopic (exact) mass is 2110 g/mol. The third-order valence-corrected chi connectivity index (χ3v) is 8.13. The summed E-state index contributed by atoms with van der Waals surface area (Å²) in [5, 5.41) is 33.0. The number of imidazole rings is 1. The predicted octanol–water partition coefficient (Wildman–Crippen LogP) is 40.4. The highest BCUT2D eigenvalue weighted by molar-refractivity contribution is 7.07. The lowest BCUT2D eigenvalue weighted by Gasteiger charge is -2.15. The summed E-state index contributed by atoms with van der Waals surface area (Å²) in [6.45, 7) is 137. The maximum Gasteiger partial charge on any atom is 0.180 e. The first kappa shape index (κ1) is 197.